The first-order chi connectivity index (χ1) is 8.29. The standard InChI is InChI=1S/C13H12N4/c1-10-4-2-3-5-11(10)8-15-13-6-12(7-14)16-9-17-13/h2-6,9H,8H2,1H3,(H,15,16,17). The first-order valence-electron chi connectivity index (χ1n) is 5.30. The van der Waals surface area contributed by atoms with Crippen molar-refractivity contribution in [2.75, 3.05) is 5.32 Å². The largest absolute Gasteiger partial charge is 0.366 e. The number of aryl methyl sites for hydroxylation is 1. The van der Waals surface area contributed by atoms with E-state index in [9.17, 15) is 0 Å². The first kappa shape index (κ1) is 11.1. The molecule has 0 aliphatic rings. The lowest BCUT2D eigenvalue weighted by atomic mass is 10.1. The van der Waals surface area contributed by atoms with Crippen molar-refractivity contribution >= 4 is 5.82 Å². The van der Waals surface area contributed by atoms with E-state index in [4.69, 9.17) is 5.26 Å². The lowest BCUT2D eigenvalue weighted by Gasteiger charge is -2.07. The number of aromatic nitrogens is 2. The van der Waals surface area contributed by atoms with Gasteiger partial charge in [0.15, 0.2) is 0 Å². The lowest BCUT2D eigenvalue weighted by Crippen LogP contribution is -2.03. The Bertz CT molecular complexity index is 557. The fraction of sp³-hybridized carbons (Fsp3) is 0.154. The molecule has 0 aliphatic heterocycles. The number of nitrogens with one attached hydrogen (secondary N) is 1. The number of rotatable bonds is 3. The third-order valence-corrected chi connectivity index (χ3v) is 2.50. The molecule has 0 aliphatic carbocycles. The molecule has 1 heterocycles. The second-order valence-electron chi connectivity index (χ2n) is 3.68. The van der Waals surface area contributed by atoms with E-state index in [1.165, 1.54) is 17.5 Å². The van der Waals surface area contributed by atoms with E-state index in [0.29, 0.717) is 18.1 Å². The van der Waals surface area contributed by atoms with Gasteiger partial charge in [0, 0.05) is 12.6 Å². The second kappa shape index (κ2) is 5.08. The molecule has 0 atom stereocenters. The molecular formula is C13H12N4. The zero-order valence-corrected chi connectivity index (χ0v) is 9.51. The Balaban J connectivity index is 2.08. The molecule has 17 heavy (non-hydrogen) atoms. The summed E-state index contributed by atoms with van der Waals surface area (Å²) in [6.07, 6.45) is 1.39. The summed E-state index contributed by atoms with van der Waals surface area (Å²) < 4.78 is 0. The molecule has 0 amide bonds. The van der Waals surface area contributed by atoms with Crippen LogP contribution in [-0.2, 0) is 6.54 Å². The summed E-state index contributed by atoms with van der Waals surface area (Å²) in [6.45, 7) is 2.76. The Morgan fingerprint density at radius 3 is 2.88 bits per heavy atom. The van der Waals surface area contributed by atoms with Crippen LogP contribution in [-0.4, -0.2) is 9.97 Å². The van der Waals surface area contributed by atoms with Gasteiger partial charge in [0.2, 0.25) is 0 Å². The summed E-state index contributed by atoms with van der Waals surface area (Å²) in [4.78, 5) is 7.88. The van der Waals surface area contributed by atoms with Gasteiger partial charge in [0.25, 0.3) is 0 Å². The highest BCUT2D eigenvalue weighted by Gasteiger charge is 1.99. The van der Waals surface area contributed by atoms with E-state index in [-0.39, 0.29) is 0 Å². The lowest BCUT2D eigenvalue weighted by molar-refractivity contribution is 1.06. The Labute approximate surface area is 100.0 Å². The maximum atomic E-state index is 8.72. The van der Waals surface area contributed by atoms with Gasteiger partial charge in [-0.05, 0) is 18.1 Å². The van der Waals surface area contributed by atoms with Gasteiger partial charge in [0.05, 0.1) is 0 Å². The average Bonchev–Trinajstić information content (AvgIpc) is 2.38. The van der Waals surface area contributed by atoms with E-state index >= 15 is 0 Å². The zero-order valence-electron chi connectivity index (χ0n) is 9.51. The van der Waals surface area contributed by atoms with Crippen LogP contribution in [0.15, 0.2) is 36.7 Å². The Morgan fingerprint density at radius 1 is 1.29 bits per heavy atom. The number of nitrogens with zero attached hydrogens (tertiary/aromatic N) is 3. The summed E-state index contributed by atoms with van der Waals surface area (Å²) in [7, 11) is 0. The van der Waals surface area contributed by atoms with Crippen molar-refractivity contribution in [3.63, 3.8) is 0 Å². The number of nitriles is 1. The van der Waals surface area contributed by atoms with E-state index in [2.05, 4.69) is 34.3 Å². The van der Waals surface area contributed by atoms with Gasteiger partial charge in [0.1, 0.15) is 23.9 Å². The molecule has 2 aromatic rings. The number of anilines is 1. The van der Waals surface area contributed by atoms with Crippen LogP contribution in [0.1, 0.15) is 16.8 Å². The van der Waals surface area contributed by atoms with Crippen LogP contribution in [0.5, 0.6) is 0 Å². The van der Waals surface area contributed by atoms with Crippen LogP contribution in [0.2, 0.25) is 0 Å². The van der Waals surface area contributed by atoms with Crippen LogP contribution in [0, 0.1) is 18.3 Å². The molecule has 4 heteroatoms. The normalized spacial score (nSPS) is 9.65. The minimum absolute atomic E-state index is 0.368. The number of benzene rings is 1. The number of hydrogen-bond acceptors (Lipinski definition) is 4. The van der Waals surface area contributed by atoms with E-state index in [0.717, 1.165) is 0 Å². The van der Waals surface area contributed by atoms with Crippen LogP contribution < -0.4 is 5.32 Å². The quantitative estimate of drug-likeness (QED) is 0.868. The summed E-state index contributed by atoms with van der Waals surface area (Å²) in [6, 6.07) is 11.8. The molecule has 1 N–H and O–H groups in total. The molecule has 2 rings (SSSR count). The number of hydrogen-bond donors (Lipinski definition) is 1. The van der Waals surface area contributed by atoms with Crippen LogP contribution in [0.25, 0.3) is 0 Å². The highest BCUT2D eigenvalue weighted by Crippen LogP contribution is 2.10. The maximum Gasteiger partial charge on any atom is 0.145 e. The fourth-order valence-corrected chi connectivity index (χ4v) is 1.51. The maximum absolute atomic E-state index is 8.72. The Morgan fingerprint density at radius 2 is 2.12 bits per heavy atom. The molecule has 1 aromatic heterocycles. The molecule has 0 unspecified atom stereocenters. The van der Waals surface area contributed by atoms with Crippen molar-refractivity contribution in [2.24, 2.45) is 0 Å². The molecule has 0 bridgehead atoms. The van der Waals surface area contributed by atoms with Crippen molar-refractivity contribution in [2.45, 2.75) is 13.5 Å². The Hall–Kier alpha value is -2.41. The summed E-state index contributed by atoms with van der Waals surface area (Å²) in [5, 5.41) is 11.9. The molecule has 4 nitrogen and oxygen atoms in total. The smallest absolute Gasteiger partial charge is 0.145 e. The minimum Gasteiger partial charge on any atom is -0.366 e. The van der Waals surface area contributed by atoms with Gasteiger partial charge >= 0.3 is 0 Å². The molecule has 0 spiro atoms. The molecule has 0 radical (unpaired) electrons. The van der Waals surface area contributed by atoms with Crippen molar-refractivity contribution in [1.29, 1.82) is 5.26 Å². The summed E-state index contributed by atoms with van der Waals surface area (Å²) in [5.74, 6) is 0.666. The highest BCUT2D eigenvalue weighted by molar-refractivity contribution is 5.40. The predicted molar refractivity (Wildman–Crippen MR) is 65.3 cm³/mol. The second-order valence-corrected chi connectivity index (χ2v) is 3.68. The molecule has 1 aromatic carbocycles. The monoisotopic (exact) mass is 224 g/mol. The van der Waals surface area contributed by atoms with Crippen LogP contribution in [0.3, 0.4) is 0 Å². The summed E-state index contributed by atoms with van der Waals surface area (Å²) >= 11 is 0. The highest BCUT2D eigenvalue weighted by atomic mass is 15.0. The average molecular weight is 224 g/mol. The van der Waals surface area contributed by atoms with Gasteiger partial charge in [-0.2, -0.15) is 5.26 Å². The first-order valence-corrected chi connectivity index (χ1v) is 5.30. The van der Waals surface area contributed by atoms with E-state index in [1.807, 2.05) is 18.2 Å². The van der Waals surface area contributed by atoms with Gasteiger partial charge in [-0.1, -0.05) is 24.3 Å². The zero-order chi connectivity index (χ0) is 12.1. The topological polar surface area (TPSA) is 61.6 Å². The molecule has 84 valence electrons. The van der Waals surface area contributed by atoms with Gasteiger partial charge in [-0.25, -0.2) is 9.97 Å². The van der Waals surface area contributed by atoms with Crippen molar-refractivity contribution in [3.05, 3.63) is 53.5 Å². The van der Waals surface area contributed by atoms with Gasteiger partial charge < -0.3 is 5.32 Å². The van der Waals surface area contributed by atoms with Crippen molar-refractivity contribution in [3.8, 4) is 6.07 Å². The van der Waals surface area contributed by atoms with Gasteiger partial charge in [-0.15, -0.1) is 0 Å². The van der Waals surface area contributed by atoms with E-state index in [1.54, 1.807) is 6.07 Å². The van der Waals surface area contributed by atoms with Crippen molar-refractivity contribution < 1.29 is 0 Å². The third-order valence-electron chi connectivity index (χ3n) is 2.50. The molecular weight excluding hydrogens is 212 g/mol. The Kier molecular flexibility index (Phi) is 3.31. The molecule has 0 saturated carbocycles. The van der Waals surface area contributed by atoms with Crippen LogP contribution >= 0.6 is 0 Å². The predicted octanol–water partition coefficient (Wildman–Crippen LogP) is 2.27. The molecule has 0 fully saturated rings. The fourth-order valence-electron chi connectivity index (χ4n) is 1.51. The van der Waals surface area contributed by atoms with Gasteiger partial charge in [-0.3, -0.25) is 0 Å². The SMILES string of the molecule is Cc1ccccc1CNc1cc(C#N)ncn1. The van der Waals surface area contributed by atoms with E-state index < -0.39 is 0 Å². The van der Waals surface area contributed by atoms with Crippen LogP contribution in [0.4, 0.5) is 5.82 Å². The summed E-state index contributed by atoms with van der Waals surface area (Å²) in [5.41, 5.74) is 2.81. The minimum atomic E-state index is 0.368. The molecule has 0 saturated heterocycles. The van der Waals surface area contributed by atoms with Crippen molar-refractivity contribution in [1.82, 2.24) is 9.97 Å². The third kappa shape index (κ3) is 2.79.